The molecule has 0 aliphatic rings. The van der Waals surface area contributed by atoms with E-state index in [0.29, 0.717) is 30.4 Å². The van der Waals surface area contributed by atoms with Crippen LogP contribution in [-0.2, 0) is 12.6 Å². The van der Waals surface area contributed by atoms with Crippen LogP contribution in [0.5, 0.6) is 0 Å². The number of aryl methyl sites for hydroxylation is 1. The summed E-state index contributed by atoms with van der Waals surface area (Å²) in [4.78, 5) is 20.6. The summed E-state index contributed by atoms with van der Waals surface area (Å²) in [5, 5.41) is 2.43. The number of rotatable bonds is 4. The Morgan fingerprint density at radius 2 is 2.00 bits per heavy atom. The normalized spacial score (nSPS) is 11.7. The maximum Gasteiger partial charge on any atom is 0.417 e. The second kappa shape index (κ2) is 6.74. The van der Waals surface area contributed by atoms with E-state index in [0.717, 1.165) is 18.3 Å². The minimum atomic E-state index is -4.51. The van der Waals surface area contributed by atoms with Crippen LogP contribution in [0.25, 0.3) is 5.65 Å². The number of nitrogens with zero attached hydrogens (tertiary/aromatic N) is 3. The molecule has 0 fully saturated rings. The van der Waals surface area contributed by atoms with E-state index in [1.165, 1.54) is 16.5 Å². The van der Waals surface area contributed by atoms with Gasteiger partial charge in [0.2, 0.25) is 0 Å². The maximum atomic E-state index is 13.6. The molecule has 3 rings (SSSR count). The third kappa shape index (κ3) is 3.51. The van der Waals surface area contributed by atoms with Crippen LogP contribution in [0, 0.1) is 5.82 Å². The minimum absolute atomic E-state index is 0.0446. The lowest BCUT2D eigenvalue weighted by molar-refractivity contribution is -0.137. The van der Waals surface area contributed by atoms with Crippen LogP contribution >= 0.6 is 0 Å². The fraction of sp³-hybridized carbons (Fsp3) is 0.235. The van der Waals surface area contributed by atoms with Crippen molar-refractivity contribution in [1.29, 1.82) is 0 Å². The number of alkyl halides is 3. The number of nitrogens with one attached hydrogen (secondary N) is 1. The van der Waals surface area contributed by atoms with Gasteiger partial charge in [-0.25, -0.2) is 14.4 Å². The Labute approximate surface area is 145 Å². The standard InChI is InChI=1S/C17H14F4N4O/c1-2-3-12-15(25-9-11(18)5-7-14(25)23-12)16(26)24-13-6-4-10(8-22-13)17(19,20)21/h4-9H,2-3H2,1H3,(H,22,24,26). The fourth-order valence-electron chi connectivity index (χ4n) is 2.53. The zero-order valence-electron chi connectivity index (χ0n) is 13.6. The van der Waals surface area contributed by atoms with Gasteiger partial charge < -0.3 is 5.32 Å². The van der Waals surface area contributed by atoms with E-state index in [2.05, 4.69) is 15.3 Å². The van der Waals surface area contributed by atoms with E-state index < -0.39 is 23.5 Å². The molecule has 3 aromatic heterocycles. The fourth-order valence-corrected chi connectivity index (χ4v) is 2.53. The van der Waals surface area contributed by atoms with Crippen molar-refractivity contribution in [3.8, 4) is 0 Å². The molecule has 0 aliphatic carbocycles. The number of carbonyl (C=O) groups excluding carboxylic acids is 1. The van der Waals surface area contributed by atoms with Gasteiger partial charge in [0.05, 0.1) is 11.3 Å². The molecule has 0 aromatic carbocycles. The summed E-state index contributed by atoms with van der Waals surface area (Å²) < 4.78 is 52.6. The number of hydrogen-bond acceptors (Lipinski definition) is 3. The molecule has 5 nitrogen and oxygen atoms in total. The second-order valence-corrected chi connectivity index (χ2v) is 5.62. The summed E-state index contributed by atoms with van der Waals surface area (Å²) in [5.74, 6) is -1.21. The van der Waals surface area contributed by atoms with Crippen molar-refractivity contribution in [1.82, 2.24) is 14.4 Å². The average molecular weight is 366 g/mol. The van der Waals surface area contributed by atoms with E-state index in [9.17, 15) is 22.4 Å². The SMILES string of the molecule is CCCc1nc2ccc(F)cn2c1C(=O)Nc1ccc(C(F)(F)F)cn1. The first-order valence-corrected chi connectivity index (χ1v) is 7.80. The number of hydrogen-bond donors (Lipinski definition) is 1. The summed E-state index contributed by atoms with van der Waals surface area (Å²) in [6.07, 6.45) is -1.53. The summed E-state index contributed by atoms with van der Waals surface area (Å²) in [6.45, 7) is 1.91. The molecule has 3 aromatic rings. The van der Waals surface area contributed by atoms with Gasteiger partial charge in [-0.1, -0.05) is 13.3 Å². The third-order valence-electron chi connectivity index (χ3n) is 3.69. The molecule has 0 aliphatic heterocycles. The van der Waals surface area contributed by atoms with Gasteiger partial charge in [0.15, 0.2) is 0 Å². The van der Waals surface area contributed by atoms with Crippen LogP contribution in [0.4, 0.5) is 23.4 Å². The summed E-state index contributed by atoms with van der Waals surface area (Å²) >= 11 is 0. The molecule has 9 heteroatoms. The molecule has 0 unspecified atom stereocenters. The number of aromatic nitrogens is 3. The zero-order valence-corrected chi connectivity index (χ0v) is 13.6. The number of imidazole rings is 1. The van der Waals surface area contributed by atoms with Crippen molar-refractivity contribution < 1.29 is 22.4 Å². The summed E-state index contributed by atoms with van der Waals surface area (Å²) in [5.41, 5.74) is 0.0879. The molecular weight excluding hydrogens is 352 g/mol. The Bertz CT molecular complexity index is 948. The lowest BCUT2D eigenvalue weighted by Crippen LogP contribution is -2.17. The minimum Gasteiger partial charge on any atom is -0.305 e. The lowest BCUT2D eigenvalue weighted by atomic mass is 10.2. The van der Waals surface area contributed by atoms with E-state index >= 15 is 0 Å². The Morgan fingerprint density at radius 1 is 1.23 bits per heavy atom. The number of carbonyl (C=O) groups is 1. The predicted octanol–water partition coefficient (Wildman–Crippen LogP) is 4.09. The van der Waals surface area contributed by atoms with Crippen LogP contribution in [-0.4, -0.2) is 20.3 Å². The third-order valence-corrected chi connectivity index (χ3v) is 3.69. The van der Waals surface area contributed by atoms with Crippen molar-refractivity contribution in [2.45, 2.75) is 25.9 Å². The molecule has 136 valence electrons. The number of pyridine rings is 2. The second-order valence-electron chi connectivity index (χ2n) is 5.62. The monoisotopic (exact) mass is 366 g/mol. The first-order chi connectivity index (χ1) is 12.3. The first-order valence-electron chi connectivity index (χ1n) is 7.80. The average Bonchev–Trinajstić information content (AvgIpc) is 2.92. The Hall–Kier alpha value is -2.97. The van der Waals surface area contributed by atoms with Crippen molar-refractivity contribution in [3.63, 3.8) is 0 Å². The number of halogens is 4. The Kier molecular flexibility index (Phi) is 4.62. The van der Waals surface area contributed by atoms with E-state index in [1.54, 1.807) is 0 Å². The first kappa shape index (κ1) is 17.8. The highest BCUT2D eigenvalue weighted by atomic mass is 19.4. The number of amides is 1. The van der Waals surface area contributed by atoms with Gasteiger partial charge in [0, 0.05) is 12.4 Å². The predicted molar refractivity (Wildman–Crippen MR) is 86.3 cm³/mol. The largest absolute Gasteiger partial charge is 0.417 e. The molecular formula is C17H14F4N4O. The molecule has 0 saturated carbocycles. The maximum absolute atomic E-state index is 13.6. The molecule has 0 radical (unpaired) electrons. The highest BCUT2D eigenvalue weighted by Crippen LogP contribution is 2.29. The van der Waals surface area contributed by atoms with Gasteiger partial charge in [0.25, 0.3) is 5.91 Å². The quantitative estimate of drug-likeness (QED) is 0.708. The highest BCUT2D eigenvalue weighted by molar-refractivity contribution is 6.04. The molecule has 0 saturated heterocycles. The zero-order chi connectivity index (χ0) is 18.9. The molecule has 26 heavy (non-hydrogen) atoms. The van der Waals surface area contributed by atoms with E-state index in [1.807, 2.05) is 6.92 Å². The molecule has 3 heterocycles. The molecule has 0 bridgehead atoms. The number of fused-ring (bicyclic) bond motifs is 1. The Balaban J connectivity index is 1.94. The van der Waals surface area contributed by atoms with Crippen molar-refractivity contribution in [2.24, 2.45) is 0 Å². The van der Waals surface area contributed by atoms with Crippen molar-refractivity contribution >= 4 is 17.4 Å². The molecule has 1 N–H and O–H groups in total. The van der Waals surface area contributed by atoms with Gasteiger partial charge in [-0.2, -0.15) is 13.2 Å². The van der Waals surface area contributed by atoms with E-state index in [-0.39, 0.29) is 11.5 Å². The van der Waals surface area contributed by atoms with E-state index in [4.69, 9.17) is 0 Å². The molecule has 1 amide bonds. The summed E-state index contributed by atoms with van der Waals surface area (Å²) in [6, 6.07) is 4.56. The van der Waals surface area contributed by atoms with Crippen LogP contribution in [0.15, 0.2) is 36.7 Å². The Morgan fingerprint density at radius 3 is 2.62 bits per heavy atom. The van der Waals surface area contributed by atoms with Crippen LogP contribution in [0.1, 0.15) is 35.1 Å². The van der Waals surface area contributed by atoms with Gasteiger partial charge in [0.1, 0.15) is 23.0 Å². The molecule has 0 spiro atoms. The van der Waals surface area contributed by atoms with Gasteiger partial charge in [-0.3, -0.25) is 9.20 Å². The van der Waals surface area contributed by atoms with Crippen LogP contribution < -0.4 is 5.32 Å². The van der Waals surface area contributed by atoms with Gasteiger partial charge in [-0.15, -0.1) is 0 Å². The van der Waals surface area contributed by atoms with Gasteiger partial charge in [-0.05, 0) is 30.7 Å². The van der Waals surface area contributed by atoms with Crippen molar-refractivity contribution in [2.75, 3.05) is 5.32 Å². The smallest absolute Gasteiger partial charge is 0.305 e. The van der Waals surface area contributed by atoms with Gasteiger partial charge >= 0.3 is 6.18 Å². The topological polar surface area (TPSA) is 59.3 Å². The molecule has 0 atom stereocenters. The summed E-state index contributed by atoms with van der Waals surface area (Å²) in [7, 11) is 0. The highest BCUT2D eigenvalue weighted by Gasteiger charge is 2.30. The lowest BCUT2D eigenvalue weighted by Gasteiger charge is -2.09. The van der Waals surface area contributed by atoms with Crippen LogP contribution in [0.2, 0.25) is 0 Å². The number of anilines is 1. The van der Waals surface area contributed by atoms with Crippen molar-refractivity contribution in [3.05, 3.63) is 59.4 Å². The van der Waals surface area contributed by atoms with Crippen LogP contribution in [0.3, 0.4) is 0 Å².